The lowest BCUT2D eigenvalue weighted by molar-refractivity contribution is -0.151. The molecule has 0 aromatic rings. The molecule has 0 aromatic carbocycles. The Morgan fingerprint density at radius 3 is 2.65 bits per heavy atom. The first-order valence-electron chi connectivity index (χ1n) is 8.45. The molecule has 0 aliphatic heterocycles. The molecule has 3 nitrogen and oxygen atoms in total. The molecule has 0 aromatic heterocycles. The molecule has 0 N–H and O–H groups in total. The van der Waals surface area contributed by atoms with Gasteiger partial charge >= 0.3 is 5.97 Å². The lowest BCUT2D eigenvalue weighted by Gasteiger charge is -2.49. The molecule has 0 spiro atoms. The minimum absolute atomic E-state index is 0.0986. The van der Waals surface area contributed by atoms with E-state index >= 15 is 0 Å². The van der Waals surface area contributed by atoms with E-state index in [9.17, 15) is 9.59 Å². The van der Waals surface area contributed by atoms with Crippen molar-refractivity contribution >= 4 is 11.8 Å². The van der Waals surface area contributed by atoms with Crippen LogP contribution in [0.2, 0.25) is 0 Å². The number of esters is 1. The molecule has 1 fully saturated rings. The number of ether oxygens (including phenoxy) is 1. The van der Waals surface area contributed by atoms with Crippen molar-refractivity contribution < 1.29 is 14.3 Å². The monoisotopic (exact) mass is 316 g/mol. The second-order valence-corrected chi connectivity index (χ2v) is 7.34. The minimum Gasteiger partial charge on any atom is -0.459 e. The summed E-state index contributed by atoms with van der Waals surface area (Å²) in [6.45, 7) is 13.9. The molecule has 1 saturated carbocycles. The van der Waals surface area contributed by atoms with Crippen LogP contribution in [0.25, 0.3) is 0 Å². The van der Waals surface area contributed by atoms with Gasteiger partial charge in [0.15, 0.2) is 5.78 Å². The molecule has 23 heavy (non-hydrogen) atoms. The topological polar surface area (TPSA) is 43.4 Å². The van der Waals surface area contributed by atoms with Gasteiger partial charge in [0.2, 0.25) is 0 Å². The highest BCUT2D eigenvalue weighted by atomic mass is 16.5. The van der Waals surface area contributed by atoms with Gasteiger partial charge in [0, 0.05) is 17.4 Å². The Morgan fingerprint density at radius 2 is 2.09 bits per heavy atom. The maximum atomic E-state index is 12.3. The van der Waals surface area contributed by atoms with Crippen molar-refractivity contribution in [3.63, 3.8) is 0 Å². The molecule has 4 atom stereocenters. The number of carbonyl (C=O) groups excluding carboxylic acids is 2. The normalized spacial score (nSPS) is 34.5. The third kappa shape index (κ3) is 3.19. The zero-order valence-corrected chi connectivity index (χ0v) is 14.9. The van der Waals surface area contributed by atoms with E-state index in [2.05, 4.69) is 20.4 Å². The Kier molecular flexibility index (Phi) is 4.98. The molecule has 0 saturated heterocycles. The molecule has 0 bridgehead atoms. The summed E-state index contributed by atoms with van der Waals surface area (Å²) in [5, 5.41) is 0. The zero-order valence-electron chi connectivity index (χ0n) is 14.9. The van der Waals surface area contributed by atoms with Crippen LogP contribution in [0.15, 0.2) is 35.5 Å². The average molecular weight is 316 g/mol. The van der Waals surface area contributed by atoms with Gasteiger partial charge in [0.1, 0.15) is 6.10 Å². The highest BCUT2D eigenvalue weighted by molar-refractivity contribution is 5.95. The molecular weight excluding hydrogens is 288 g/mol. The van der Waals surface area contributed by atoms with Crippen LogP contribution >= 0.6 is 0 Å². The van der Waals surface area contributed by atoms with E-state index in [1.807, 2.05) is 19.9 Å². The minimum atomic E-state index is -0.233. The first kappa shape index (κ1) is 17.7. The van der Waals surface area contributed by atoms with E-state index in [-0.39, 0.29) is 35.1 Å². The van der Waals surface area contributed by atoms with E-state index in [1.54, 1.807) is 13.0 Å². The van der Waals surface area contributed by atoms with Gasteiger partial charge < -0.3 is 4.74 Å². The predicted molar refractivity (Wildman–Crippen MR) is 91.8 cm³/mol. The molecule has 2 rings (SSSR count). The van der Waals surface area contributed by atoms with Gasteiger partial charge in [-0.05, 0) is 51.5 Å². The van der Waals surface area contributed by atoms with Gasteiger partial charge in [0.25, 0.3) is 0 Å². The van der Waals surface area contributed by atoms with E-state index in [0.717, 1.165) is 24.8 Å². The lowest BCUT2D eigenvalue weighted by Crippen LogP contribution is -2.46. The molecular formula is C20H28O3. The highest BCUT2D eigenvalue weighted by Gasteiger charge is 2.48. The molecule has 3 heteroatoms. The van der Waals surface area contributed by atoms with Crippen LogP contribution in [0, 0.1) is 17.3 Å². The lowest BCUT2D eigenvalue weighted by atomic mass is 9.57. The fraction of sp³-hybridized carbons (Fsp3) is 0.600. The molecule has 0 heterocycles. The van der Waals surface area contributed by atoms with Crippen LogP contribution in [-0.2, 0) is 14.3 Å². The summed E-state index contributed by atoms with van der Waals surface area (Å²) in [4.78, 5) is 24.4. The standard InChI is InChI=1S/C20H28O3/c1-7-13(4)19(22)23-18-9-8-15-10-17(21)16(12(2)3)11-20(15,6)14(18)5/h7,10,14,16,18H,2,8-9,11H2,1,3-6H3/b13-7+/t14-,16?,18+,20+/m0/s1. The van der Waals surface area contributed by atoms with Gasteiger partial charge in [-0.15, -0.1) is 0 Å². The summed E-state index contributed by atoms with van der Waals surface area (Å²) in [6, 6.07) is 0. The second kappa shape index (κ2) is 6.46. The Balaban J connectivity index is 2.25. The number of ketones is 1. The van der Waals surface area contributed by atoms with E-state index in [0.29, 0.717) is 5.57 Å². The number of allylic oxidation sites excluding steroid dienone is 4. The van der Waals surface area contributed by atoms with Gasteiger partial charge in [-0.1, -0.05) is 37.6 Å². The number of hydrogen-bond acceptors (Lipinski definition) is 3. The molecule has 2 aliphatic rings. The van der Waals surface area contributed by atoms with E-state index in [4.69, 9.17) is 4.74 Å². The maximum Gasteiger partial charge on any atom is 0.333 e. The molecule has 0 radical (unpaired) electrons. The number of hydrogen-bond donors (Lipinski definition) is 0. The van der Waals surface area contributed by atoms with Crippen LogP contribution in [-0.4, -0.2) is 17.9 Å². The summed E-state index contributed by atoms with van der Waals surface area (Å²) in [6.07, 6.45) is 5.88. The maximum absolute atomic E-state index is 12.3. The van der Waals surface area contributed by atoms with Crippen LogP contribution in [0.1, 0.15) is 53.9 Å². The van der Waals surface area contributed by atoms with Crippen molar-refractivity contribution in [1.29, 1.82) is 0 Å². The number of rotatable bonds is 3. The predicted octanol–water partition coefficient (Wildman–Crippen LogP) is 4.39. The zero-order chi connectivity index (χ0) is 17.4. The van der Waals surface area contributed by atoms with Crippen molar-refractivity contribution in [3.8, 4) is 0 Å². The van der Waals surface area contributed by atoms with Gasteiger partial charge in [-0.2, -0.15) is 0 Å². The summed E-state index contributed by atoms with van der Waals surface area (Å²) in [5.74, 6) is 0.0186. The van der Waals surface area contributed by atoms with Crippen molar-refractivity contribution in [1.82, 2.24) is 0 Å². The van der Waals surface area contributed by atoms with Crippen molar-refractivity contribution in [2.45, 2.75) is 60.0 Å². The summed E-state index contributed by atoms with van der Waals surface area (Å²) in [7, 11) is 0. The fourth-order valence-electron chi connectivity index (χ4n) is 3.81. The van der Waals surface area contributed by atoms with Gasteiger partial charge in [-0.3, -0.25) is 4.79 Å². The summed E-state index contributed by atoms with van der Waals surface area (Å²) in [5.41, 5.74) is 2.66. The Morgan fingerprint density at radius 1 is 1.43 bits per heavy atom. The highest BCUT2D eigenvalue weighted by Crippen LogP contribution is 2.53. The fourth-order valence-corrected chi connectivity index (χ4v) is 3.81. The quantitative estimate of drug-likeness (QED) is 0.440. The third-order valence-electron chi connectivity index (χ3n) is 5.89. The Hall–Kier alpha value is -1.64. The first-order valence-corrected chi connectivity index (χ1v) is 8.45. The number of fused-ring (bicyclic) bond motifs is 1. The Bertz CT molecular complexity index is 596. The van der Waals surface area contributed by atoms with Gasteiger partial charge in [0.05, 0.1) is 0 Å². The van der Waals surface area contributed by atoms with E-state index < -0.39 is 0 Å². The largest absolute Gasteiger partial charge is 0.459 e. The van der Waals surface area contributed by atoms with Gasteiger partial charge in [-0.25, -0.2) is 4.79 Å². The average Bonchev–Trinajstić information content (AvgIpc) is 2.50. The smallest absolute Gasteiger partial charge is 0.333 e. The molecule has 1 unspecified atom stereocenters. The Labute approximate surface area is 139 Å². The van der Waals surface area contributed by atoms with Crippen LogP contribution in [0.3, 0.4) is 0 Å². The van der Waals surface area contributed by atoms with Crippen LogP contribution in [0.4, 0.5) is 0 Å². The summed E-state index contributed by atoms with van der Waals surface area (Å²) < 4.78 is 5.75. The second-order valence-electron chi connectivity index (χ2n) is 7.34. The number of carbonyl (C=O) groups is 2. The van der Waals surface area contributed by atoms with Crippen molar-refractivity contribution in [3.05, 3.63) is 35.5 Å². The van der Waals surface area contributed by atoms with Crippen LogP contribution < -0.4 is 0 Å². The third-order valence-corrected chi connectivity index (χ3v) is 5.89. The van der Waals surface area contributed by atoms with E-state index in [1.165, 1.54) is 5.57 Å². The summed E-state index contributed by atoms with van der Waals surface area (Å²) >= 11 is 0. The SMILES string of the molecule is C=C(C)C1C[C@@]2(C)C(=CC1=O)CC[C@@H](OC(=O)/C(C)=C/C)[C@@H]2C. The van der Waals surface area contributed by atoms with Crippen molar-refractivity contribution in [2.75, 3.05) is 0 Å². The molecule has 0 amide bonds. The van der Waals surface area contributed by atoms with Crippen LogP contribution in [0.5, 0.6) is 0 Å². The first-order chi connectivity index (χ1) is 10.7. The molecule has 2 aliphatic carbocycles. The van der Waals surface area contributed by atoms with Crippen molar-refractivity contribution in [2.24, 2.45) is 17.3 Å². The molecule has 126 valence electrons.